The second-order valence-electron chi connectivity index (χ2n) is 6.10. The van der Waals surface area contributed by atoms with Gasteiger partial charge in [0.2, 0.25) is 0 Å². The SMILES string of the molecule is CN(CC(=O)O)[C@H](CCO)Cc1ccc(OCc2ccccc2)cc1. The molecule has 5 nitrogen and oxygen atoms in total. The Labute approximate surface area is 148 Å². The maximum atomic E-state index is 10.9. The Hall–Kier alpha value is -2.37. The molecule has 0 saturated heterocycles. The van der Waals surface area contributed by atoms with Gasteiger partial charge in [0, 0.05) is 12.6 Å². The number of nitrogens with zero attached hydrogens (tertiary/aromatic N) is 1. The summed E-state index contributed by atoms with van der Waals surface area (Å²) in [5.41, 5.74) is 2.20. The fraction of sp³-hybridized carbons (Fsp3) is 0.350. The van der Waals surface area contributed by atoms with Gasteiger partial charge in [0.05, 0.1) is 6.54 Å². The first-order valence-electron chi connectivity index (χ1n) is 8.37. The number of rotatable bonds is 10. The van der Waals surface area contributed by atoms with Crippen LogP contribution in [0.25, 0.3) is 0 Å². The first-order valence-corrected chi connectivity index (χ1v) is 8.37. The van der Waals surface area contributed by atoms with Gasteiger partial charge in [0.25, 0.3) is 0 Å². The molecular formula is C20H25NO4. The molecule has 2 N–H and O–H groups in total. The van der Waals surface area contributed by atoms with Crippen molar-refractivity contribution < 1.29 is 19.7 Å². The van der Waals surface area contributed by atoms with Crippen molar-refractivity contribution >= 4 is 5.97 Å². The summed E-state index contributed by atoms with van der Waals surface area (Å²) in [6.45, 7) is 0.518. The van der Waals surface area contributed by atoms with Gasteiger partial charge >= 0.3 is 5.97 Å². The van der Waals surface area contributed by atoms with Crippen molar-refractivity contribution in [1.82, 2.24) is 4.90 Å². The topological polar surface area (TPSA) is 70.0 Å². The van der Waals surface area contributed by atoms with Crippen LogP contribution in [0.3, 0.4) is 0 Å². The molecular weight excluding hydrogens is 318 g/mol. The van der Waals surface area contributed by atoms with Crippen LogP contribution in [0.2, 0.25) is 0 Å². The number of ether oxygens (including phenoxy) is 1. The van der Waals surface area contributed by atoms with Gasteiger partial charge in [-0.15, -0.1) is 0 Å². The monoisotopic (exact) mass is 343 g/mol. The Morgan fingerprint density at radius 2 is 1.76 bits per heavy atom. The van der Waals surface area contributed by atoms with Crippen LogP contribution in [-0.4, -0.2) is 47.3 Å². The number of hydrogen-bond acceptors (Lipinski definition) is 4. The van der Waals surface area contributed by atoms with Crippen LogP contribution in [0.15, 0.2) is 54.6 Å². The lowest BCUT2D eigenvalue weighted by Crippen LogP contribution is -2.38. The van der Waals surface area contributed by atoms with Gasteiger partial charge in [0.1, 0.15) is 12.4 Å². The van der Waals surface area contributed by atoms with Crippen molar-refractivity contribution in [2.45, 2.75) is 25.5 Å². The molecule has 0 aliphatic carbocycles. The third kappa shape index (κ3) is 6.57. The highest BCUT2D eigenvalue weighted by atomic mass is 16.5. The first-order chi connectivity index (χ1) is 12.1. The highest BCUT2D eigenvalue weighted by Gasteiger charge is 2.17. The molecule has 0 heterocycles. The maximum Gasteiger partial charge on any atom is 0.317 e. The number of carboxylic acids is 1. The minimum Gasteiger partial charge on any atom is -0.489 e. The predicted molar refractivity (Wildman–Crippen MR) is 96.7 cm³/mol. The third-order valence-corrected chi connectivity index (χ3v) is 4.11. The van der Waals surface area contributed by atoms with Crippen LogP contribution in [0, 0.1) is 0 Å². The van der Waals surface area contributed by atoms with E-state index in [4.69, 9.17) is 9.84 Å². The van der Waals surface area contributed by atoms with Gasteiger partial charge in [-0.2, -0.15) is 0 Å². The molecule has 0 radical (unpaired) electrons. The number of aliphatic carboxylic acids is 1. The number of likely N-dealkylation sites (N-methyl/N-ethyl adjacent to an activating group) is 1. The molecule has 0 aromatic heterocycles. The van der Waals surface area contributed by atoms with Crippen molar-refractivity contribution in [3.05, 3.63) is 65.7 Å². The lowest BCUT2D eigenvalue weighted by atomic mass is 10.0. The molecule has 0 aliphatic heterocycles. The van der Waals surface area contributed by atoms with Crippen LogP contribution >= 0.6 is 0 Å². The fourth-order valence-electron chi connectivity index (χ4n) is 2.70. The Morgan fingerprint density at radius 3 is 2.36 bits per heavy atom. The summed E-state index contributed by atoms with van der Waals surface area (Å²) in [7, 11) is 1.77. The minimum absolute atomic E-state index is 0.0165. The second-order valence-corrected chi connectivity index (χ2v) is 6.10. The van der Waals surface area contributed by atoms with Crippen molar-refractivity contribution in [3.63, 3.8) is 0 Å². The second kappa shape index (κ2) is 9.81. The molecule has 134 valence electrons. The van der Waals surface area contributed by atoms with E-state index in [1.165, 1.54) is 0 Å². The highest BCUT2D eigenvalue weighted by Crippen LogP contribution is 2.17. The van der Waals surface area contributed by atoms with E-state index < -0.39 is 5.97 Å². The molecule has 0 saturated carbocycles. The van der Waals surface area contributed by atoms with E-state index >= 15 is 0 Å². The largest absolute Gasteiger partial charge is 0.489 e. The van der Waals surface area contributed by atoms with Crippen molar-refractivity contribution in [1.29, 1.82) is 0 Å². The lowest BCUT2D eigenvalue weighted by Gasteiger charge is -2.26. The molecule has 0 aliphatic rings. The average Bonchev–Trinajstić information content (AvgIpc) is 2.61. The van der Waals surface area contributed by atoms with Gasteiger partial charge < -0.3 is 14.9 Å². The van der Waals surface area contributed by atoms with E-state index in [2.05, 4.69) is 0 Å². The number of benzene rings is 2. The zero-order valence-electron chi connectivity index (χ0n) is 14.5. The van der Waals surface area contributed by atoms with Crippen LogP contribution in [0.5, 0.6) is 5.75 Å². The number of aliphatic hydroxyl groups is 1. The summed E-state index contributed by atoms with van der Waals surface area (Å²) >= 11 is 0. The van der Waals surface area contributed by atoms with Gasteiger partial charge in [0.15, 0.2) is 0 Å². The summed E-state index contributed by atoms with van der Waals surface area (Å²) in [6.07, 6.45) is 1.22. The molecule has 0 unspecified atom stereocenters. The third-order valence-electron chi connectivity index (χ3n) is 4.11. The summed E-state index contributed by atoms with van der Waals surface area (Å²) in [6, 6.07) is 17.8. The van der Waals surface area contributed by atoms with Crippen LogP contribution in [0.4, 0.5) is 0 Å². The Bertz CT molecular complexity index is 643. The molecule has 2 aromatic rings. The molecule has 0 amide bonds. The average molecular weight is 343 g/mol. The van der Waals surface area contributed by atoms with Crippen molar-refractivity contribution in [3.8, 4) is 5.75 Å². The number of hydrogen-bond donors (Lipinski definition) is 2. The Morgan fingerprint density at radius 1 is 1.08 bits per heavy atom. The molecule has 2 aromatic carbocycles. The van der Waals surface area contributed by atoms with E-state index in [9.17, 15) is 9.90 Å². The molecule has 0 bridgehead atoms. The summed E-state index contributed by atoms with van der Waals surface area (Å²) in [5, 5.41) is 18.2. The molecule has 0 fully saturated rings. The Balaban J connectivity index is 1.92. The van der Waals surface area contributed by atoms with Gasteiger partial charge in [-0.05, 0) is 43.1 Å². The smallest absolute Gasteiger partial charge is 0.317 e. The maximum absolute atomic E-state index is 10.9. The Kier molecular flexibility index (Phi) is 7.44. The van der Waals surface area contributed by atoms with E-state index in [0.717, 1.165) is 16.9 Å². The standard InChI is InChI=1S/C20H25NO4/c1-21(14-20(23)24)18(11-12-22)13-16-7-9-19(10-8-16)25-15-17-5-3-2-4-6-17/h2-10,18,22H,11-15H2,1H3,(H,23,24)/t18-/m1/s1. The van der Waals surface area contributed by atoms with E-state index in [0.29, 0.717) is 19.4 Å². The number of carbonyl (C=O) groups is 1. The molecule has 2 rings (SSSR count). The van der Waals surface area contributed by atoms with Crippen LogP contribution in [-0.2, 0) is 17.8 Å². The highest BCUT2D eigenvalue weighted by molar-refractivity contribution is 5.69. The molecule has 25 heavy (non-hydrogen) atoms. The molecule has 0 spiro atoms. The lowest BCUT2D eigenvalue weighted by molar-refractivity contribution is -0.138. The molecule has 1 atom stereocenters. The zero-order chi connectivity index (χ0) is 18.1. The van der Waals surface area contributed by atoms with Crippen molar-refractivity contribution in [2.75, 3.05) is 20.2 Å². The summed E-state index contributed by atoms with van der Waals surface area (Å²) < 4.78 is 5.77. The molecule has 5 heteroatoms. The van der Waals surface area contributed by atoms with E-state index in [1.54, 1.807) is 11.9 Å². The van der Waals surface area contributed by atoms with Gasteiger partial charge in [-0.3, -0.25) is 9.69 Å². The van der Waals surface area contributed by atoms with Crippen LogP contribution in [0.1, 0.15) is 17.5 Å². The quantitative estimate of drug-likeness (QED) is 0.694. The van der Waals surface area contributed by atoms with E-state index in [1.807, 2.05) is 54.6 Å². The summed E-state index contributed by atoms with van der Waals surface area (Å²) in [5.74, 6) is -0.0692. The normalized spacial score (nSPS) is 12.1. The predicted octanol–water partition coefficient (Wildman–Crippen LogP) is 2.58. The number of aliphatic hydroxyl groups excluding tert-OH is 1. The fourth-order valence-corrected chi connectivity index (χ4v) is 2.70. The van der Waals surface area contributed by atoms with Gasteiger partial charge in [-0.25, -0.2) is 0 Å². The van der Waals surface area contributed by atoms with Crippen molar-refractivity contribution in [2.24, 2.45) is 0 Å². The zero-order valence-corrected chi connectivity index (χ0v) is 14.5. The first kappa shape index (κ1) is 19.0. The van der Waals surface area contributed by atoms with Gasteiger partial charge in [-0.1, -0.05) is 42.5 Å². The van der Waals surface area contributed by atoms with Crippen LogP contribution < -0.4 is 4.74 Å². The summed E-state index contributed by atoms with van der Waals surface area (Å²) in [4.78, 5) is 12.6. The number of carboxylic acid groups (broad SMARTS) is 1. The minimum atomic E-state index is -0.866. The van der Waals surface area contributed by atoms with E-state index in [-0.39, 0.29) is 19.2 Å².